The molecule has 5 rings (SSSR count). The Morgan fingerprint density at radius 2 is 1.93 bits per heavy atom. The number of nitrogen functional groups attached to an aromatic ring is 1. The first kappa shape index (κ1) is 30.0. The fraction of sp³-hybridized carbons (Fsp3) is 0.367. The molecule has 0 aliphatic carbocycles. The number of alkyl halides is 3. The van der Waals surface area contributed by atoms with Gasteiger partial charge in [-0.15, -0.1) is 0 Å². The van der Waals surface area contributed by atoms with E-state index in [4.69, 9.17) is 10.5 Å². The molecule has 2 aromatic carbocycles. The molecule has 10 nitrogen and oxygen atoms in total. The largest absolute Gasteiger partial charge is 0.405 e. The van der Waals surface area contributed by atoms with E-state index in [1.165, 1.54) is 0 Å². The van der Waals surface area contributed by atoms with Gasteiger partial charge in [-0.3, -0.25) is 9.48 Å². The summed E-state index contributed by atoms with van der Waals surface area (Å²) >= 11 is 0. The quantitative estimate of drug-likeness (QED) is 0.298. The molecular weight excluding hydrogens is 563 g/mol. The molecule has 2 fully saturated rings. The lowest BCUT2D eigenvalue weighted by atomic mass is 10.0. The number of amides is 3. The first-order valence-corrected chi connectivity index (χ1v) is 14.1. The summed E-state index contributed by atoms with van der Waals surface area (Å²) in [4.78, 5) is 28.2. The van der Waals surface area contributed by atoms with Crippen LogP contribution in [0.25, 0.3) is 11.1 Å². The molecule has 1 unspecified atom stereocenters. The van der Waals surface area contributed by atoms with E-state index in [9.17, 15) is 22.8 Å². The number of carbonyl (C=O) groups is 2. The van der Waals surface area contributed by atoms with Crippen LogP contribution < -0.4 is 21.3 Å². The van der Waals surface area contributed by atoms with Crippen LogP contribution in [0.5, 0.6) is 0 Å². The highest BCUT2D eigenvalue weighted by Gasteiger charge is 2.31. The van der Waals surface area contributed by atoms with Crippen molar-refractivity contribution in [3.63, 3.8) is 0 Å². The third-order valence-corrected chi connectivity index (χ3v) is 7.59. The molecule has 2 aliphatic heterocycles. The van der Waals surface area contributed by atoms with Crippen LogP contribution in [0.15, 0.2) is 67.6 Å². The number of aromatic nitrogens is 2. The second kappa shape index (κ2) is 12.8. The Kier molecular flexibility index (Phi) is 8.90. The van der Waals surface area contributed by atoms with Crippen molar-refractivity contribution in [1.29, 1.82) is 0 Å². The molecule has 2 saturated heterocycles. The molecule has 43 heavy (non-hydrogen) atoms. The van der Waals surface area contributed by atoms with Gasteiger partial charge in [0.05, 0.1) is 23.6 Å². The van der Waals surface area contributed by atoms with E-state index in [-0.39, 0.29) is 18.1 Å². The molecule has 1 atom stereocenters. The summed E-state index contributed by atoms with van der Waals surface area (Å²) in [6.07, 6.45) is 3.89. The summed E-state index contributed by atoms with van der Waals surface area (Å²) in [5, 5.41) is 8.78. The number of halogens is 3. The first-order valence-electron chi connectivity index (χ1n) is 14.1. The fourth-order valence-corrected chi connectivity index (χ4v) is 5.40. The lowest BCUT2D eigenvalue weighted by Gasteiger charge is -2.33. The number of urea groups is 1. The van der Waals surface area contributed by atoms with E-state index >= 15 is 0 Å². The number of anilines is 4. The predicted octanol–water partition coefficient (Wildman–Crippen LogP) is 5.44. The normalized spacial score (nSPS) is 17.5. The van der Waals surface area contributed by atoms with Crippen molar-refractivity contribution in [3.05, 3.63) is 67.6 Å². The standard InChI is InChI=1S/C30H34F3N7O3/c1-2-39(24-6-3-5-22(16-24)37-29(42)35-19-30(31,32)33)26-9-8-20(15-25(26)34)21-17-36-40(18-21)23-10-12-38(13-11-23)28(41)27-7-4-14-43-27/h2-3,5-6,8-9,15-18,23,27H,1,4,7,10-14,19,34H2,(H2,35,37,42). The van der Waals surface area contributed by atoms with E-state index in [2.05, 4.69) is 17.0 Å². The van der Waals surface area contributed by atoms with Crippen LogP contribution in [0, 0.1) is 0 Å². The fourth-order valence-electron chi connectivity index (χ4n) is 5.40. The highest BCUT2D eigenvalue weighted by atomic mass is 19.4. The van der Waals surface area contributed by atoms with Gasteiger partial charge in [0.25, 0.3) is 5.91 Å². The Morgan fingerprint density at radius 3 is 2.60 bits per heavy atom. The smallest absolute Gasteiger partial charge is 0.397 e. The van der Waals surface area contributed by atoms with E-state index < -0.39 is 18.8 Å². The van der Waals surface area contributed by atoms with Crippen molar-refractivity contribution in [3.8, 4) is 11.1 Å². The Morgan fingerprint density at radius 1 is 1.14 bits per heavy atom. The van der Waals surface area contributed by atoms with Crippen molar-refractivity contribution in [1.82, 2.24) is 20.0 Å². The molecule has 0 radical (unpaired) electrons. The number of benzene rings is 2. The van der Waals surface area contributed by atoms with Crippen molar-refractivity contribution in [2.45, 2.75) is 44.0 Å². The van der Waals surface area contributed by atoms with Crippen molar-refractivity contribution in [2.24, 2.45) is 0 Å². The number of nitrogens with one attached hydrogen (secondary N) is 2. The number of ether oxygens (including phenoxy) is 1. The molecule has 228 valence electrons. The third-order valence-electron chi connectivity index (χ3n) is 7.59. The molecule has 0 bridgehead atoms. The zero-order valence-electron chi connectivity index (χ0n) is 23.5. The predicted molar refractivity (Wildman–Crippen MR) is 158 cm³/mol. The van der Waals surface area contributed by atoms with Crippen molar-refractivity contribution in [2.75, 3.05) is 42.2 Å². The van der Waals surface area contributed by atoms with Crippen LogP contribution in [0.2, 0.25) is 0 Å². The Labute approximate surface area is 247 Å². The van der Waals surface area contributed by atoms with Crippen molar-refractivity contribution < 1.29 is 27.5 Å². The number of piperidine rings is 1. The lowest BCUT2D eigenvalue weighted by molar-refractivity contribution is -0.142. The zero-order valence-corrected chi connectivity index (χ0v) is 23.5. The number of hydrogen-bond donors (Lipinski definition) is 3. The van der Waals surface area contributed by atoms with Gasteiger partial charge in [0, 0.05) is 49.0 Å². The van der Waals surface area contributed by atoms with Crippen LogP contribution in [0.1, 0.15) is 31.7 Å². The van der Waals surface area contributed by atoms with Gasteiger partial charge in [-0.1, -0.05) is 18.7 Å². The maximum atomic E-state index is 12.7. The van der Waals surface area contributed by atoms with E-state index in [0.29, 0.717) is 42.4 Å². The van der Waals surface area contributed by atoms with E-state index in [1.54, 1.807) is 46.9 Å². The summed E-state index contributed by atoms with van der Waals surface area (Å²) < 4.78 is 44.7. The minimum absolute atomic E-state index is 0.0932. The summed E-state index contributed by atoms with van der Waals surface area (Å²) in [6.45, 7) is 4.44. The molecule has 0 saturated carbocycles. The molecule has 3 heterocycles. The van der Waals surface area contributed by atoms with E-state index in [1.807, 2.05) is 34.0 Å². The second-order valence-corrected chi connectivity index (χ2v) is 10.6. The minimum atomic E-state index is -4.51. The highest BCUT2D eigenvalue weighted by molar-refractivity contribution is 5.90. The van der Waals surface area contributed by atoms with Crippen LogP contribution >= 0.6 is 0 Å². The van der Waals surface area contributed by atoms with Crippen LogP contribution in [0.3, 0.4) is 0 Å². The monoisotopic (exact) mass is 597 g/mol. The van der Waals surface area contributed by atoms with Gasteiger partial charge in [0.2, 0.25) is 0 Å². The van der Waals surface area contributed by atoms with E-state index in [0.717, 1.165) is 36.8 Å². The summed E-state index contributed by atoms with van der Waals surface area (Å²) in [7, 11) is 0. The van der Waals surface area contributed by atoms with Crippen LogP contribution in [-0.2, 0) is 9.53 Å². The summed E-state index contributed by atoms with van der Waals surface area (Å²) in [5.41, 5.74) is 10.2. The molecule has 0 spiro atoms. The Balaban J connectivity index is 1.23. The van der Waals surface area contributed by atoms with Gasteiger partial charge in [-0.05, 0) is 61.6 Å². The average molecular weight is 598 g/mol. The lowest BCUT2D eigenvalue weighted by Crippen LogP contribution is -2.44. The van der Waals surface area contributed by atoms with Crippen molar-refractivity contribution >= 4 is 34.7 Å². The van der Waals surface area contributed by atoms with Crippen LogP contribution in [-0.4, -0.2) is 65.1 Å². The second-order valence-electron chi connectivity index (χ2n) is 10.6. The molecule has 1 aromatic heterocycles. The number of nitrogens with zero attached hydrogens (tertiary/aromatic N) is 4. The summed E-state index contributed by atoms with van der Waals surface area (Å²) in [6, 6.07) is 11.4. The topological polar surface area (TPSA) is 118 Å². The average Bonchev–Trinajstić information content (AvgIpc) is 3.70. The third kappa shape index (κ3) is 7.28. The number of likely N-dealkylation sites (tertiary alicyclic amines) is 1. The summed E-state index contributed by atoms with van der Waals surface area (Å²) in [5.74, 6) is 0.0932. The Bertz CT molecular complexity index is 1460. The van der Waals surface area contributed by atoms with Gasteiger partial charge in [-0.2, -0.15) is 18.3 Å². The molecule has 3 aromatic rings. The Hall–Kier alpha value is -4.52. The number of hydrogen-bond acceptors (Lipinski definition) is 6. The SMILES string of the molecule is C=CN(c1cccc(NC(=O)NCC(F)(F)F)c1)c1ccc(-c2cnn(C3CCN(C(=O)C4CCCO4)CC3)c2)cc1N. The highest BCUT2D eigenvalue weighted by Crippen LogP contribution is 2.35. The van der Waals surface area contributed by atoms with Gasteiger partial charge in [-0.25, -0.2) is 4.79 Å². The number of nitrogens with two attached hydrogens (primary N) is 1. The molecule has 13 heteroatoms. The van der Waals surface area contributed by atoms with Crippen LogP contribution in [0.4, 0.5) is 40.7 Å². The zero-order chi connectivity index (χ0) is 30.6. The maximum absolute atomic E-state index is 12.7. The number of carbonyl (C=O) groups excluding carboxylic acids is 2. The molecule has 2 aliphatic rings. The minimum Gasteiger partial charge on any atom is -0.397 e. The molecule has 3 amide bonds. The van der Waals surface area contributed by atoms with Gasteiger partial charge in [0.1, 0.15) is 12.6 Å². The molecule has 4 N–H and O–H groups in total. The van der Waals surface area contributed by atoms with Gasteiger partial charge >= 0.3 is 12.2 Å². The first-order chi connectivity index (χ1) is 20.6. The number of rotatable bonds is 8. The molecular formula is C30H34F3N7O3. The van der Waals surface area contributed by atoms with Gasteiger partial charge in [0.15, 0.2) is 0 Å². The van der Waals surface area contributed by atoms with Gasteiger partial charge < -0.3 is 30.9 Å². The maximum Gasteiger partial charge on any atom is 0.405 e.